The van der Waals surface area contributed by atoms with Crippen molar-refractivity contribution < 1.29 is 19.7 Å². The molecule has 0 aliphatic heterocycles. The zero-order valence-electron chi connectivity index (χ0n) is 19.7. The average molecular weight is 416 g/mol. The maximum Gasteiger partial charge on any atom is 0.407 e. The molecular weight excluding hydrogens is 366 g/mol. The number of carbonyl (C=O) groups is 1. The Morgan fingerprint density at radius 3 is 1.69 bits per heavy atom. The molecule has 29 heavy (non-hydrogen) atoms. The summed E-state index contributed by atoms with van der Waals surface area (Å²) in [6, 6.07) is -0.466. The summed E-state index contributed by atoms with van der Waals surface area (Å²) in [5, 5.41) is 22.3. The average Bonchev–Trinajstić information content (AvgIpc) is 2.63. The SMILES string of the molecule is CCCCCCCCCCCCCCC[C@@H](O)[C@H](CCO)NC(=O)OC(C)(C)C. The molecule has 0 saturated heterocycles. The van der Waals surface area contributed by atoms with E-state index in [2.05, 4.69) is 12.2 Å². The molecule has 0 aromatic carbocycles. The lowest BCUT2D eigenvalue weighted by molar-refractivity contribution is 0.0384. The van der Waals surface area contributed by atoms with Crippen LogP contribution < -0.4 is 5.32 Å². The van der Waals surface area contributed by atoms with E-state index in [1.807, 2.05) is 0 Å². The second-order valence-electron chi connectivity index (χ2n) is 9.36. The van der Waals surface area contributed by atoms with Crippen LogP contribution in [-0.2, 0) is 4.74 Å². The third-order valence-electron chi connectivity index (χ3n) is 5.21. The monoisotopic (exact) mass is 415 g/mol. The molecule has 1 amide bonds. The van der Waals surface area contributed by atoms with E-state index in [1.165, 1.54) is 70.6 Å². The van der Waals surface area contributed by atoms with E-state index >= 15 is 0 Å². The van der Waals surface area contributed by atoms with E-state index < -0.39 is 23.8 Å². The lowest BCUT2D eigenvalue weighted by atomic mass is 10.00. The summed E-state index contributed by atoms with van der Waals surface area (Å²) in [6.07, 6.45) is 16.6. The summed E-state index contributed by atoms with van der Waals surface area (Å²) in [7, 11) is 0. The van der Waals surface area contributed by atoms with Crippen LogP contribution in [0.5, 0.6) is 0 Å². The van der Waals surface area contributed by atoms with Crippen LogP contribution in [0.15, 0.2) is 0 Å². The Bertz CT molecular complexity index is 382. The van der Waals surface area contributed by atoms with Gasteiger partial charge in [0.1, 0.15) is 5.60 Å². The molecule has 2 atom stereocenters. The van der Waals surface area contributed by atoms with Gasteiger partial charge >= 0.3 is 6.09 Å². The predicted octanol–water partition coefficient (Wildman–Crippen LogP) is 6.10. The van der Waals surface area contributed by atoms with Crippen LogP contribution in [0.3, 0.4) is 0 Å². The Kier molecular flexibility index (Phi) is 17.5. The van der Waals surface area contributed by atoms with E-state index in [1.54, 1.807) is 20.8 Å². The highest BCUT2D eigenvalue weighted by Crippen LogP contribution is 2.15. The third-order valence-corrected chi connectivity index (χ3v) is 5.21. The van der Waals surface area contributed by atoms with Crippen molar-refractivity contribution in [3.63, 3.8) is 0 Å². The quantitative estimate of drug-likeness (QED) is 0.236. The molecule has 174 valence electrons. The van der Waals surface area contributed by atoms with Crippen LogP contribution in [0.4, 0.5) is 4.79 Å². The number of aliphatic hydroxyl groups is 2. The molecule has 0 aliphatic rings. The smallest absolute Gasteiger partial charge is 0.407 e. The zero-order valence-corrected chi connectivity index (χ0v) is 19.7. The summed E-state index contributed by atoms with van der Waals surface area (Å²) < 4.78 is 5.24. The highest BCUT2D eigenvalue weighted by atomic mass is 16.6. The molecule has 3 N–H and O–H groups in total. The Morgan fingerprint density at radius 1 is 0.828 bits per heavy atom. The van der Waals surface area contributed by atoms with Crippen LogP contribution >= 0.6 is 0 Å². The molecule has 0 aliphatic carbocycles. The molecular formula is C24H49NO4. The molecule has 5 nitrogen and oxygen atoms in total. The maximum absolute atomic E-state index is 11.9. The standard InChI is InChI=1S/C24H49NO4/c1-5-6-7-8-9-10-11-12-13-14-15-16-17-18-22(27)21(19-20-26)25-23(28)29-24(2,3)4/h21-22,26-27H,5-20H2,1-4H3,(H,25,28)/t21-,22+/m0/s1. The summed E-state index contributed by atoms with van der Waals surface area (Å²) in [4.78, 5) is 11.9. The minimum Gasteiger partial charge on any atom is -0.444 e. The minimum absolute atomic E-state index is 0.0733. The summed E-state index contributed by atoms with van der Waals surface area (Å²) in [5.74, 6) is 0. The first-order valence-corrected chi connectivity index (χ1v) is 12.1. The summed E-state index contributed by atoms with van der Waals surface area (Å²) in [5.41, 5.74) is -0.576. The maximum atomic E-state index is 11.9. The fourth-order valence-corrected chi connectivity index (χ4v) is 3.53. The van der Waals surface area contributed by atoms with Crippen molar-refractivity contribution in [1.29, 1.82) is 0 Å². The molecule has 0 unspecified atom stereocenters. The minimum atomic E-state index is -0.651. The summed E-state index contributed by atoms with van der Waals surface area (Å²) >= 11 is 0. The number of rotatable bonds is 18. The van der Waals surface area contributed by atoms with E-state index in [-0.39, 0.29) is 6.61 Å². The van der Waals surface area contributed by atoms with Gasteiger partial charge in [-0.3, -0.25) is 0 Å². The second-order valence-corrected chi connectivity index (χ2v) is 9.36. The van der Waals surface area contributed by atoms with Crippen molar-refractivity contribution in [2.24, 2.45) is 0 Å². The van der Waals surface area contributed by atoms with Gasteiger partial charge in [0.25, 0.3) is 0 Å². The van der Waals surface area contributed by atoms with Crippen LogP contribution in [0.1, 0.15) is 124 Å². The van der Waals surface area contributed by atoms with Crippen molar-refractivity contribution in [3.8, 4) is 0 Å². The largest absolute Gasteiger partial charge is 0.444 e. The first-order chi connectivity index (χ1) is 13.8. The number of alkyl carbamates (subject to hydrolysis) is 1. The molecule has 0 spiro atoms. The fraction of sp³-hybridized carbons (Fsp3) is 0.958. The molecule has 0 rings (SSSR count). The number of unbranched alkanes of at least 4 members (excludes halogenated alkanes) is 12. The van der Waals surface area contributed by atoms with Crippen molar-refractivity contribution in [1.82, 2.24) is 5.32 Å². The molecule has 0 bridgehead atoms. The Balaban J connectivity index is 3.73. The van der Waals surface area contributed by atoms with Gasteiger partial charge in [-0.15, -0.1) is 0 Å². The van der Waals surface area contributed by atoms with Crippen molar-refractivity contribution in [3.05, 3.63) is 0 Å². The van der Waals surface area contributed by atoms with E-state index in [9.17, 15) is 15.0 Å². The van der Waals surface area contributed by atoms with E-state index in [0.717, 1.165) is 12.8 Å². The van der Waals surface area contributed by atoms with Gasteiger partial charge in [-0.25, -0.2) is 4.79 Å². The Morgan fingerprint density at radius 2 is 1.28 bits per heavy atom. The highest BCUT2D eigenvalue weighted by Gasteiger charge is 2.23. The van der Waals surface area contributed by atoms with Gasteiger partial charge < -0.3 is 20.3 Å². The van der Waals surface area contributed by atoms with E-state index in [0.29, 0.717) is 12.8 Å². The molecule has 0 saturated carbocycles. The van der Waals surface area contributed by atoms with Gasteiger partial charge in [-0.05, 0) is 33.6 Å². The van der Waals surface area contributed by atoms with Gasteiger partial charge in [0, 0.05) is 6.61 Å². The molecule has 0 fully saturated rings. The number of carbonyl (C=O) groups excluding carboxylic acids is 1. The van der Waals surface area contributed by atoms with Gasteiger partial charge in [-0.2, -0.15) is 0 Å². The molecule has 0 aromatic heterocycles. The third kappa shape index (κ3) is 18.9. The zero-order chi connectivity index (χ0) is 22.0. The van der Waals surface area contributed by atoms with Crippen LogP contribution in [0.2, 0.25) is 0 Å². The van der Waals surface area contributed by atoms with Crippen LogP contribution in [0.25, 0.3) is 0 Å². The fourth-order valence-electron chi connectivity index (χ4n) is 3.53. The van der Waals surface area contributed by atoms with E-state index in [4.69, 9.17) is 4.74 Å². The van der Waals surface area contributed by atoms with Gasteiger partial charge in [0.05, 0.1) is 12.1 Å². The number of hydrogen-bond donors (Lipinski definition) is 3. The number of hydrogen-bond acceptors (Lipinski definition) is 4. The molecule has 0 radical (unpaired) electrons. The predicted molar refractivity (Wildman–Crippen MR) is 121 cm³/mol. The number of ether oxygens (including phenoxy) is 1. The van der Waals surface area contributed by atoms with Gasteiger partial charge in [-0.1, -0.05) is 90.4 Å². The number of aliphatic hydroxyl groups excluding tert-OH is 2. The normalized spacial score (nSPS) is 13.9. The number of amides is 1. The lowest BCUT2D eigenvalue weighted by Gasteiger charge is -2.26. The highest BCUT2D eigenvalue weighted by molar-refractivity contribution is 5.68. The molecule has 0 heterocycles. The Labute approximate surface area is 180 Å². The van der Waals surface area contributed by atoms with Crippen molar-refractivity contribution in [2.75, 3.05) is 6.61 Å². The first-order valence-electron chi connectivity index (χ1n) is 12.1. The Hall–Kier alpha value is -0.810. The second kappa shape index (κ2) is 18.0. The topological polar surface area (TPSA) is 78.8 Å². The van der Waals surface area contributed by atoms with Crippen LogP contribution in [0, 0.1) is 0 Å². The molecule has 5 heteroatoms. The first kappa shape index (κ1) is 28.2. The summed E-state index contributed by atoms with van der Waals surface area (Å²) in [6.45, 7) is 7.60. The number of nitrogens with one attached hydrogen (secondary N) is 1. The van der Waals surface area contributed by atoms with Gasteiger partial charge in [0.2, 0.25) is 0 Å². The lowest BCUT2D eigenvalue weighted by Crippen LogP contribution is -2.46. The van der Waals surface area contributed by atoms with Gasteiger partial charge in [0.15, 0.2) is 0 Å². The van der Waals surface area contributed by atoms with Crippen molar-refractivity contribution >= 4 is 6.09 Å². The van der Waals surface area contributed by atoms with Crippen LogP contribution in [-0.4, -0.2) is 40.7 Å². The van der Waals surface area contributed by atoms with Crippen molar-refractivity contribution in [2.45, 2.75) is 142 Å². The molecule has 0 aromatic rings.